The van der Waals surface area contributed by atoms with E-state index in [1.54, 1.807) is 11.4 Å². The van der Waals surface area contributed by atoms with Crippen molar-refractivity contribution in [3.05, 3.63) is 59.2 Å². The monoisotopic (exact) mass is 608 g/mol. The number of hydrogen-bond acceptors (Lipinski definition) is 7. The van der Waals surface area contributed by atoms with Gasteiger partial charge in [-0.3, -0.25) is 9.69 Å². The van der Waals surface area contributed by atoms with Crippen LogP contribution in [0.3, 0.4) is 0 Å². The Kier molecular flexibility index (Phi) is 7.10. The van der Waals surface area contributed by atoms with Crippen molar-refractivity contribution < 1.29 is 27.4 Å². The summed E-state index contributed by atoms with van der Waals surface area (Å²) in [7, 11) is -2.06. The summed E-state index contributed by atoms with van der Waals surface area (Å²) in [6, 6.07) is 13.2. The van der Waals surface area contributed by atoms with Crippen molar-refractivity contribution in [1.82, 2.24) is 9.21 Å². The van der Waals surface area contributed by atoms with Crippen molar-refractivity contribution in [3.8, 4) is 11.5 Å². The van der Waals surface area contributed by atoms with E-state index in [9.17, 15) is 13.2 Å². The van der Waals surface area contributed by atoms with Crippen molar-refractivity contribution >= 4 is 16.0 Å². The van der Waals surface area contributed by atoms with E-state index in [2.05, 4.69) is 24.8 Å². The molecule has 1 saturated heterocycles. The number of methoxy groups -OCH3 is 1. The lowest BCUT2D eigenvalue weighted by molar-refractivity contribution is -0.222. The highest BCUT2D eigenvalue weighted by atomic mass is 32.2. The van der Waals surface area contributed by atoms with E-state index in [4.69, 9.17) is 14.2 Å². The van der Waals surface area contributed by atoms with Crippen LogP contribution in [0.1, 0.15) is 69.6 Å². The first-order valence-electron chi connectivity index (χ1n) is 15.9. The van der Waals surface area contributed by atoms with Crippen LogP contribution in [-0.4, -0.2) is 74.1 Å². The quantitative estimate of drug-likeness (QED) is 0.362. The molecule has 7 rings (SSSR count). The third-order valence-electron chi connectivity index (χ3n) is 10.7. The first-order valence-corrected chi connectivity index (χ1v) is 17.5. The molecule has 3 fully saturated rings. The van der Waals surface area contributed by atoms with Gasteiger partial charge in [0.05, 0.1) is 30.4 Å². The van der Waals surface area contributed by atoms with Crippen LogP contribution >= 0.6 is 0 Å². The van der Waals surface area contributed by atoms with Gasteiger partial charge in [0.15, 0.2) is 11.5 Å². The molecule has 5 aliphatic rings. The number of likely N-dealkylation sites (tertiary alicyclic amines) is 1. The van der Waals surface area contributed by atoms with Crippen LogP contribution in [0.2, 0.25) is 0 Å². The maximum atomic E-state index is 14.3. The molecule has 2 aliphatic heterocycles. The molecular weight excluding hydrogens is 564 g/mol. The number of carbonyl (C=O) groups is 1. The number of rotatable bonds is 10. The minimum absolute atomic E-state index is 0.0177. The van der Waals surface area contributed by atoms with Gasteiger partial charge in [0.1, 0.15) is 11.7 Å². The number of ether oxygens (including phenoxy) is 3. The molecule has 5 atom stereocenters. The van der Waals surface area contributed by atoms with Crippen molar-refractivity contribution in [3.63, 3.8) is 0 Å². The summed E-state index contributed by atoms with van der Waals surface area (Å²) >= 11 is 0. The van der Waals surface area contributed by atoms with Gasteiger partial charge in [0.25, 0.3) is 0 Å². The molecule has 43 heavy (non-hydrogen) atoms. The molecule has 2 aromatic carbocycles. The Morgan fingerprint density at radius 2 is 1.88 bits per heavy atom. The van der Waals surface area contributed by atoms with E-state index in [-0.39, 0.29) is 23.7 Å². The van der Waals surface area contributed by atoms with Crippen molar-refractivity contribution in [2.45, 2.75) is 94.3 Å². The first kappa shape index (κ1) is 29.1. The van der Waals surface area contributed by atoms with Crippen LogP contribution in [0.25, 0.3) is 0 Å². The number of sulfonamides is 1. The second-order valence-electron chi connectivity index (χ2n) is 13.8. The molecule has 0 amide bonds. The van der Waals surface area contributed by atoms with E-state index in [1.807, 2.05) is 36.4 Å². The molecule has 232 valence electrons. The van der Waals surface area contributed by atoms with Gasteiger partial charge in [-0.25, -0.2) is 8.42 Å². The fourth-order valence-corrected chi connectivity index (χ4v) is 11.0. The number of carbonyl (C=O) groups excluding carboxylic acids is 1. The number of benzene rings is 2. The maximum Gasteiger partial charge on any atom is 0.303 e. The standard InChI is InChI=1S/C34H44N2O6S/c1-22(2)19-36(43(38,39)21-25-8-6-5-7-9-25)27-14-15-34(42-23(3)37)29-18-26-12-13-28(40-4)31-30(26)33(34,32(27)41-31)16-17-35(29)20-24-10-11-24/h5-9,12-13,22,24,27,29,32H,10-11,14-21H2,1-4H3/t27-,29-,32+,33+,34-/m1/s1. The number of piperidine rings is 1. The van der Waals surface area contributed by atoms with Crippen molar-refractivity contribution in [1.29, 1.82) is 0 Å². The molecule has 0 aromatic heterocycles. The second-order valence-corrected chi connectivity index (χ2v) is 15.8. The zero-order valence-corrected chi connectivity index (χ0v) is 26.6. The van der Waals surface area contributed by atoms with E-state index in [0.717, 1.165) is 37.1 Å². The highest BCUT2D eigenvalue weighted by molar-refractivity contribution is 7.88. The molecule has 0 radical (unpaired) electrons. The van der Waals surface area contributed by atoms with E-state index in [0.29, 0.717) is 36.8 Å². The number of hydrogen-bond donors (Lipinski definition) is 0. The van der Waals surface area contributed by atoms with E-state index in [1.165, 1.54) is 25.3 Å². The maximum absolute atomic E-state index is 14.3. The summed E-state index contributed by atoms with van der Waals surface area (Å²) in [5, 5.41) is 0. The summed E-state index contributed by atoms with van der Waals surface area (Å²) in [4.78, 5) is 15.6. The Labute approximate surface area is 255 Å². The molecule has 2 aromatic rings. The third-order valence-corrected chi connectivity index (χ3v) is 12.5. The molecule has 9 heteroatoms. The molecular formula is C34H44N2O6S. The van der Waals surface area contributed by atoms with Gasteiger partial charge in [0, 0.05) is 25.6 Å². The predicted molar refractivity (Wildman–Crippen MR) is 164 cm³/mol. The highest BCUT2D eigenvalue weighted by Crippen LogP contribution is 2.67. The Bertz CT molecular complexity index is 1510. The van der Waals surface area contributed by atoms with Crippen LogP contribution in [0.4, 0.5) is 0 Å². The molecule has 2 heterocycles. The van der Waals surface area contributed by atoms with Crippen LogP contribution in [-0.2, 0) is 37.1 Å². The van der Waals surface area contributed by atoms with Crippen LogP contribution in [0.5, 0.6) is 11.5 Å². The van der Waals surface area contributed by atoms with Gasteiger partial charge in [-0.15, -0.1) is 0 Å². The third kappa shape index (κ3) is 4.52. The van der Waals surface area contributed by atoms with Crippen molar-refractivity contribution in [2.24, 2.45) is 11.8 Å². The fraction of sp³-hybridized carbons (Fsp3) is 0.618. The van der Waals surface area contributed by atoms with Crippen LogP contribution in [0, 0.1) is 11.8 Å². The van der Waals surface area contributed by atoms with E-state index < -0.39 is 33.2 Å². The fourth-order valence-electron chi connectivity index (χ4n) is 9.02. The lowest BCUT2D eigenvalue weighted by Crippen LogP contribution is -2.79. The Morgan fingerprint density at radius 3 is 2.56 bits per heavy atom. The molecule has 1 spiro atoms. The lowest BCUT2D eigenvalue weighted by atomic mass is 9.48. The minimum Gasteiger partial charge on any atom is -0.493 e. The largest absolute Gasteiger partial charge is 0.493 e. The van der Waals surface area contributed by atoms with Gasteiger partial charge >= 0.3 is 5.97 Å². The average molecular weight is 609 g/mol. The number of esters is 1. The molecule has 3 aliphatic carbocycles. The van der Waals surface area contributed by atoms with Gasteiger partial charge in [0.2, 0.25) is 10.0 Å². The topological polar surface area (TPSA) is 85.4 Å². The van der Waals surface area contributed by atoms with Crippen molar-refractivity contribution in [2.75, 3.05) is 26.7 Å². The molecule has 0 N–H and O–H groups in total. The lowest BCUT2D eigenvalue weighted by Gasteiger charge is -2.65. The Hall–Kier alpha value is -2.62. The Balaban J connectivity index is 1.38. The zero-order chi connectivity index (χ0) is 30.1. The Morgan fingerprint density at radius 1 is 1.12 bits per heavy atom. The second kappa shape index (κ2) is 10.5. The van der Waals surface area contributed by atoms with E-state index >= 15 is 0 Å². The van der Waals surface area contributed by atoms with Gasteiger partial charge in [-0.1, -0.05) is 50.2 Å². The van der Waals surface area contributed by atoms with Gasteiger partial charge in [-0.2, -0.15) is 4.31 Å². The van der Waals surface area contributed by atoms with Gasteiger partial charge in [-0.05, 0) is 74.1 Å². The predicted octanol–water partition coefficient (Wildman–Crippen LogP) is 4.69. The molecule has 2 bridgehead atoms. The summed E-state index contributed by atoms with van der Waals surface area (Å²) in [5.74, 6) is 1.83. The molecule has 0 unspecified atom stereocenters. The van der Waals surface area contributed by atoms with Gasteiger partial charge < -0.3 is 14.2 Å². The first-order chi connectivity index (χ1) is 20.6. The summed E-state index contributed by atoms with van der Waals surface area (Å²) in [5.41, 5.74) is 1.58. The summed E-state index contributed by atoms with van der Waals surface area (Å²) in [6.07, 6.45) is 4.67. The van der Waals surface area contributed by atoms with Crippen LogP contribution in [0.15, 0.2) is 42.5 Å². The number of nitrogens with zero attached hydrogens (tertiary/aromatic N) is 2. The smallest absolute Gasteiger partial charge is 0.303 e. The summed E-state index contributed by atoms with van der Waals surface area (Å²) < 4.78 is 49.9. The SMILES string of the molecule is COc1ccc2c3c1O[C@H]1[C@H](N(CC(C)C)S(=O)(=O)Cc4ccccc4)CC[C@@]4(OC(C)=O)[C@@H](C2)N(CC2CC2)CC[C@]314. The minimum atomic E-state index is -3.71. The zero-order valence-electron chi connectivity index (χ0n) is 25.8. The van der Waals surface area contributed by atoms with Crippen LogP contribution < -0.4 is 9.47 Å². The molecule has 8 nitrogen and oxygen atoms in total. The normalized spacial score (nSPS) is 31.1. The summed E-state index contributed by atoms with van der Waals surface area (Å²) in [6.45, 7) is 7.92. The highest BCUT2D eigenvalue weighted by Gasteiger charge is 2.76. The molecule has 2 saturated carbocycles. The average Bonchev–Trinajstić information content (AvgIpc) is 3.70.